The van der Waals surface area contributed by atoms with E-state index in [4.69, 9.17) is 23.7 Å². The fraction of sp³-hybridized carbons (Fsp3) is 1.00. The zero-order chi connectivity index (χ0) is 22.3. The van der Waals surface area contributed by atoms with Crippen molar-refractivity contribution >= 4 is 0 Å². The zero-order valence-electron chi connectivity index (χ0n) is 17.0. The molecule has 3 aliphatic rings. The molecule has 7 N–H and O–H groups in total. The van der Waals surface area contributed by atoms with Crippen LogP contribution >= 0.6 is 0 Å². The number of aliphatic hydroxyl groups is 7. The largest absolute Gasteiger partial charge is 0.390 e. The standard InChI is InChI=1S/C18H32O12/c1-5-10(20)8(19)4-9(26-5)29-15-12(22)7(3)27-17(25)16(15)30-18-14(24)13(23)11(21)6(2)28-18/h5-25H,4H2,1-3H3/t5?,6-,7-,8?,9?,10?,11-,12-,13+,14+,15+,16+,17+,18-/m0/s1. The smallest absolute Gasteiger partial charge is 0.187 e. The Kier molecular flexibility index (Phi) is 7.71. The van der Waals surface area contributed by atoms with Crippen LogP contribution in [-0.4, -0.2) is 122 Å². The SMILES string of the molecule is CC1OC(O[C@@H]2[C@@H](O)[C@H](C)O[C@@H](O)[C@@H]2O[C@@H]2O[C@@H](C)[C@H](O)[C@@H](O)[C@H]2O)CC(O)C1O. The first kappa shape index (κ1) is 24.2. The second kappa shape index (κ2) is 9.57. The molecule has 3 heterocycles. The highest BCUT2D eigenvalue weighted by Gasteiger charge is 2.51. The van der Waals surface area contributed by atoms with Gasteiger partial charge >= 0.3 is 0 Å². The van der Waals surface area contributed by atoms with Crippen LogP contribution in [0.3, 0.4) is 0 Å². The predicted molar refractivity (Wildman–Crippen MR) is 95.6 cm³/mol. The van der Waals surface area contributed by atoms with E-state index in [-0.39, 0.29) is 6.42 Å². The molecule has 0 bridgehead atoms. The normalized spacial score (nSPS) is 55.4. The highest BCUT2D eigenvalue weighted by atomic mass is 16.8. The summed E-state index contributed by atoms with van der Waals surface area (Å²) in [4.78, 5) is 0. The average Bonchev–Trinajstić information content (AvgIpc) is 2.68. The number of hydrogen-bond acceptors (Lipinski definition) is 12. The van der Waals surface area contributed by atoms with Crippen LogP contribution in [-0.2, 0) is 23.7 Å². The topological polar surface area (TPSA) is 188 Å². The molecule has 4 unspecified atom stereocenters. The van der Waals surface area contributed by atoms with E-state index in [1.165, 1.54) is 13.8 Å². The van der Waals surface area contributed by atoms with Crippen LogP contribution in [0.15, 0.2) is 0 Å². The highest BCUT2D eigenvalue weighted by molar-refractivity contribution is 4.93. The third kappa shape index (κ3) is 4.80. The molecule has 30 heavy (non-hydrogen) atoms. The van der Waals surface area contributed by atoms with Gasteiger partial charge in [-0.05, 0) is 20.8 Å². The molecule has 3 rings (SSSR count). The first-order chi connectivity index (χ1) is 14.0. The van der Waals surface area contributed by atoms with E-state index in [1.54, 1.807) is 6.92 Å². The molecule has 0 aromatic carbocycles. The van der Waals surface area contributed by atoms with Crippen molar-refractivity contribution in [3.05, 3.63) is 0 Å². The maximum Gasteiger partial charge on any atom is 0.187 e. The number of rotatable bonds is 4. The summed E-state index contributed by atoms with van der Waals surface area (Å²) in [6.07, 6.45) is -17.2. The Balaban J connectivity index is 1.75. The van der Waals surface area contributed by atoms with E-state index in [9.17, 15) is 35.7 Å². The first-order valence-corrected chi connectivity index (χ1v) is 10.0. The minimum atomic E-state index is -1.64. The van der Waals surface area contributed by atoms with E-state index in [1.807, 2.05) is 0 Å². The molecule has 0 amide bonds. The second-order valence-electron chi connectivity index (χ2n) is 8.17. The molecule has 0 aromatic rings. The molecule has 0 spiro atoms. The second-order valence-corrected chi connectivity index (χ2v) is 8.17. The third-order valence-electron chi connectivity index (χ3n) is 5.86. The average molecular weight is 440 g/mol. The molecule has 176 valence electrons. The zero-order valence-corrected chi connectivity index (χ0v) is 17.0. The maximum atomic E-state index is 10.6. The van der Waals surface area contributed by atoms with Crippen molar-refractivity contribution < 1.29 is 59.4 Å². The summed E-state index contributed by atoms with van der Waals surface area (Å²) in [6, 6.07) is 0. The molecular weight excluding hydrogens is 408 g/mol. The van der Waals surface area contributed by atoms with E-state index in [0.717, 1.165) is 0 Å². The van der Waals surface area contributed by atoms with Crippen LogP contribution in [0.25, 0.3) is 0 Å². The lowest BCUT2D eigenvalue weighted by molar-refractivity contribution is -0.375. The van der Waals surface area contributed by atoms with Gasteiger partial charge in [-0.1, -0.05) is 0 Å². The number of aliphatic hydroxyl groups excluding tert-OH is 7. The van der Waals surface area contributed by atoms with Gasteiger partial charge in [-0.3, -0.25) is 0 Å². The van der Waals surface area contributed by atoms with Crippen molar-refractivity contribution in [2.45, 2.75) is 113 Å². The lowest BCUT2D eigenvalue weighted by Gasteiger charge is -2.47. The molecule has 14 atom stereocenters. The van der Waals surface area contributed by atoms with Gasteiger partial charge in [-0.15, -0.1) is 0 Å². The molecule has 0 aliphatic carbocycles. The van der Waals surface area contributed by atoms with Crippen molar-refractivity contribution in [1.82, 2.24) is 0 Å². The molecular formula is C18H32O12. The molecule has 3 saturated heterocycles. The molecule has 12 nitrogen and oxygen atoms in total. The lowest BCUT2D eigenvalue weighted by atomic mass is 9.97. The van der Waals surface area contributed by atoms with Crippen LogP contribution < -0.4 is 0 Å². The van der Waals surface area contributed by atoms with Gasteiger partial charge in [0.1, 0.15) is 42.7 Å². The number of ether oxygens (including phenoxy) is 5. The van der Waals surface area contributed by atoms with Gasteiger partial charge in [0.25, 0.3) is 0 Å². The van der Waals surface area contributed by atoms with E-state index >= 15 is 0 Å². The predicted octanol–water partition coefficient (Wildman–Crippen LogP) is -3.46. The third-order valence-corrected chi connectivity index (χ3v) is 5.86. The van der Waals surface area contributed by atoms with Gasteiger partial charge < -0.3 is 59.4 Å². The molecule has 0 aromatic heterocycles. The van der Waals surface area contributed by atoms with Crippen molar-refractivity contribution in [2.75, 3.05) is 0 Å². The Morgan fingerprint density at radius 1 is 0.600 bits per heavy atom. The van der Waals surface area contributed by atoms with Gasteiger partial charge in [0.2, 0.25) is 0 Å². The summed E-state index contributed by atoms with van der Waals surface area (Å²) < 4.78 is 27.6. The quantitative estimate of drug-likeness (QED) is 0.229. The number of hydrogen-bond donors (Lipinski definition) is 7. The summed E-state index contributed by atoms with van der Waals surface area (Å²) in [5.74, 6) is 0. The minimum Gasteiger partial charge on any atom is -0.390 e. The Hall–Kier alpha value is -0.480. The summed E-state index contributed by atoms with van der Waals surface area (Å²) >= 11 is 0. The Labute approximate surface area is 173 Å². The Bertz CT molecular complexity index is 553. The molecule has 3 aliphatic heterocycles. The Morgan fingerprint density at radius 2 is 1.20 bits per heavy atom. The van der Waals surface area contributed by atoms with Crippen LogP contribution in [0.5, 0.6) is 0 Å². The molecule has 0 saturated carbocycles. The van der Waals surface area contributed by atoms with E-state index in [0.29, 0.717) is 0 Å². The lowest BCUT2D eigenvalue weighted by Crippen LogP contribution is -2.64. The van der Waals surface area contributed by atoms with Crippen LogP contribution in [0.1, 0.15) is 27.2 Å². The van der Waals surface area contributed by atoms with Gasteiger partial charge in [-0.25, -0.2) is 0 Å². The van der Waals surface area contributed by atoms with Crippen molar-refractivity contribution in [2.24, 2.45) is 0 Å². The fourth-order valence-electron chi connectivity index (χ4n) is 3.87. The van der Waals surface area contributed by atoms with Crippen LogP contribution in [0, 0.1) is 0 Å². The summed E-state index contributed by atoms with van der Waals surface area (Å²) in [5.41, 5.74) is 0. The minimum absolute atomic E-state index is 0.0860. The highest BCUT2D eigenvalue weighted by Crippen LogP contribution is 2.32. The summed E-state index contributed by atoms with van der Waals surface area (Å²) in [5, 5.41) is 70.8. The monoisotopic (exact) mass is 440 g/mol. The van der Waals surface area contributed by atoms with Gasteiger partial charge in [0.05, 0.1) is 24.4 Å². The van der Waals surface area contributed by atoms with Crippen LogP contribution in [0.2, 0.25) is 0 Å². The van der Waals surface area contributed by atoms with Gasteiger partial charge in [0, 0.05) is 6.42 Å². The van der Waals surface area contributed by atoms with Crippen LogP contribution in [0.4, 0.5) is 0 Å². The molecule has 3 fully saturated rings. The van der Waals surface area contributed by atoms with Crippen molar-refractivity contribution in [3.63, 3.8) is 0 Å². The van der Waals surface area contributed by atoms with Gasteiger partial charge in [-0.2, -0.15) is 0 Å². The van der Waals surface area contributed by atoms with Crippen molar-refractivity contribution in [3.8, 4) is 0 Å². The van der Waals surface area contributed by atoms with E-state index in [2.05, 4.69) is 0 Å². The fourth-order valence-corrected chi connectivity index (χ4v) is 3.87. The Morgan fingerprint density at radius 3 is 1.83 bits per heavy atom. The maximum absolute atomic E-state index is 10.6. The summed E-state index contributed by atoms with van der Waals surface area (Å²) in [6.45, 7) is 4.53. The first-order valence-electron chi connectivity index (χ1n) is 10.0. The summed E-state index contributed by atoms with van der Waals surface area (Å²) in [7, 11) is 0. The molecule has 0 radical (unpaired) electrons. The molecule has 12 heteroatoms. The van der Waals surface area contributed by atoms with E-state index < -0.39 is 86.0 Å². The van der Waals surface area contributed by atoms with Gasteiger partial charge in [0.15, 0.2) is 18.9 Å². The van der Waals surface area contributed by atoms with Crippen molar-refractivity contribution in [1.29, 1.82) is 0 Å².